The SMILES string of the molecule is COC(=O)Cc1cc(F)cc(I)c1I. The fraction of sp³-hybridized carbons (Fsp3) is 0.222. The molecule has 5 heteroatoms. The molecule has 1 aromatic carbocycles. The van der Waals surface area contributed by atoms with Gasteiger partial charge in [0.15, 0.2) is 0 Å². The molecule has 0 amide bonds. The van der Waals surface area contributed by atoms with E-state index < -0.39 is 0 Å². The van der Waals surface area contributed by atoms with E-state index in [1.165, 1.54) is 19.2 Å². The fourth-order valence-corrected chi connectivity index (χ4v) is 2.11. The molecule has 2 nitrogen and oxygen atoms in total. The molecule has 0 unspecified atom stereocenters. The molecule has 1 aromatic rings. The molecule has 0 N–H and O–H groups in total. The average molecular weight is 420 g/mol. The molecule has 14 heavy (non-hydrogen) atoms. The summed E-state index contributed by atoms with van der Waals surface area (Å²) in [6.45, 7) is 0. The van der Waals surface area contributed by atoms with E-state index in [-0.39, 0.29) is 18.2 Å². The van der Waals surface area contributed by atoms with E-state index in [2.05, 4.69) is 27.3 Å². The first kappa shape index (κ1) is 12.2. The third kappa shape index (κ3) is 3.04. The van der Waals surface area contributed by atoms with Crippen molar-refractivity contribution >= 4 is 51.2 Å². The predicted molar refractivity (Wildman–Crippen MR) is 67.6 cm³/mol. The first-order chi connectivity index (χ1) is 6.54. The minimum Gasteiger partial charge on any atom is -0.469 e. The maximum Gasteiger partial charge on any atom is 0.310 e. The van der Waals surface area contributed by atoms with Gasteiger partial charge in [-0.05, 0) is 62.9 Å². The second-order valence-corrected chi connectivity index (χ2v) is 4.85. The second kappa shape index (κ2) is 5.24. The highest BCUT2D eigenvalue weighted by atomic mass is 127. The van der Waals surface area contributed by atoms with Gasteiger partial charge in [-0.1, -0.05) is 0 Å². The lowest BCUT2D eigenvalue weighted by atomic mass is 10.1. The smallest absolute Gasteiger partial charge is 0.310 e. The highest BCUT2D eigenvalue weighted by Gasteiger charge is 2.10. The maximum atomic E-state index is 13.0. The standard InChI is InChI=1S/C9H7FI2O2/c1-14-8(13)3-5-2-6(10)4-7(11)9(5)12/h2,4H,3H2,1H3. The molecule has 0 saturated carbocycles. The lowest BCUT2D eigenvalue weighted by Gasteiger charge is -2.05. The van der Waals surface area contributed by atoms with Gasteiger partial charge >= 0.3 is 5.97 Å². The van der Waals surface area contributed by atoms with Crippen LogP contribution in [-0.2, 0) is 16.0 Å². The van der Waals surface area contributed by atoms with Crippen LogP contribution in [0, 0.1) is 13.0 Å². The summed E-state index contributed by atoms with van der Waals surface area (Å²) in [5.41, 5.74) is 0.668. The van der Waals surface area contributed by atoms with Crippen LogP contribution in [0.3, 0.4) is 0 Å². The van der Waals surface area contributed by atoms with Gasteiger partial charge in [0.05, 0.1) is 13.5 Å². The molecule has 76 valence electrons. The second-order valence-electron chi connectivity index (χ2n) is 2.61. The summed E-state index contributed by atoms with van der Waals surface area (Å²) < 4.78 is 19.2. The summed E-state index contributed by atoms with van der Waals surface area (Å²) in [6.07, 6.45) is 0.114. The number of rotatable bonds is 2. The Bertz CT molecular complexity index is 366. The van der Waals surface area contributed by atoms with Gasteiger partial charge in [-0.3, -0.25) is 4.79 Å². The average Bonchev–Trinajstić information content (AvgIpc) is 2.13. The molecular weight excluding hydrogens is 413 g/mol. The van der Waals surface area contributed by atoms with Crippen LogP contribution in [0.25, 0.3) is 0 Å². The van der Waals surface area contributed by atoms with Crippen LogP contribution in [0.5, 0.6) is 0 Å². The number of hydrogen-bond acceptors (Lipinski definition) is 2. The van der Waals surface area contributed by atoms with Crippen LogP contribution >= 0.6 is 45.2 Å². The van der Waals surface area contributed by atoms with Crippen molar-refractivity contribution in [3.63, 3.8) is 0 Å². The summed E-state index contributed by atoms with van der Waals surface area (Å²) in [4.78, 5) is 11.0. The Kier molecular flexibility index (Phi) is 4.55. The lowest BCUT2D eigenvalue weighted by molar-refractivity contribution is -0.139. The molecule has 0 bridgehead atoms. The molecule has 0 radical (unpaired) electrons. The number of methoxy groups -OCH3 is 1. The van der Waals surface area contributed by atoms with Gasteiger partial charge in [-0.2, -0.15) is 0 Å². The van der Waals surface area contributed by atoms with Crippen LogP contribution in [0.15, 0.2) is 12.1 Å². The Hall–Kier alpha value is 0.0800. The van der Waals surface area contributed by atoms with E-state index in [9.17, 15) is 9.18 Å². The Morgan fingerprint density at radius 2 is 2.14 bits per heavy atom. The van der Waals surface area contributed by atoms with Crippen molar-refractivity contribution in [3.8, 4) is 0 Å². The Labute approximate surface area is 108 Å². The maximum absolute atomic E-state index is 13.0. The molecule has 0 heterocycles. The van der Waals surface area contributed by atoms with E-state index in [1.54, 1.807) is 0 Å². The van der Waals surface area contributed by atoms with Crippen LogP contribution in [0.4, 0.5) is 4.39 Å². The zero-order chi connectivity index (χ0) is 10.7. The molecule has 1 rings (SSSR count). The monoisotopic (exact) mass is 420 g/mol. The van der Waals surface area contributed by atoms with Crippen molar-refractivity contribution in [2.75, 3.05) is 7.11 Å². The highest BCUT2D eigenvalue weighted by molar-refractivity contribution is 14.1. The summed E-state index contributed by atoms with van der Waals surface area (Å²) >= 11 is 4.12. The van der Waals surface area contributed by atoms with Gasteiger partial charge in [-0.25, -0.2) is 4.39 Å². The van der Waals surface area contributed by atoms with Crippen molar-refractivity contribution in [2.45, 2.75) is 6.42 Å². The summed E-state index contributed by atoms with van der Waals surface area (Å²) in [5, 5.41) is 0. The van der Waals surface area contributed by atoms with Gasteiger partial charge in [0.25, 0.3) is 0 Å². The first-order valence-corrected chi connectivity index (χ1v) is 5.90. The van der Waals surface area contributed by atoms with Crippen molar-refractivity contribution in [2.24, 2.45) is 0 Å². The van der Waals surface area contributed by atoms with E-state index in [0.29, 0.717) is 5.56 Å². The quantitative estimate of drug-likeness (QED) is 0.418. The van der Waals surface area contributed by atoms with Gasteiger partial charge in [0.1, 0.15) is 5.82 Å². The number of carbonyl (C=O) groups is 1. The van der Waals surface area contributed by atoms with Crippen molar-refractivity contribution in [3.05, 3.63) is 30.7 Å². The molecule has 0 aliphatic heterocycles. The number of carbonyl (C=O) groups excluding carboxylic acids is 1. The lowest BCUT2D eigenvalue weighted by Crippen LogP contribution is -2.07. The normalized spacial score (nSPS) is 10.0. The fourth-order valence-electron chi connectivity index (χ4n) is 0.966. The van der Waals surface area contributed by atoms with Gasteiger partial charge in [0, 0.05) is 7.14 Å². The molecule has 0 aromatic heterocycles. The molecule has 0 atom stereocenters. The van der Waals surface area contributed by atoms with E-state index in [1.807, 2.05) is 22.6 Å². The molecule has 0 spiro atoms. The Morgan fingerprint density at radius 3 is 2.71 bits per heavy atom. The van der Waals surface area contributed by atoms with Crippen LogP contribution < -0.4 is 0 Å². The van der Waals surface area contributed by atoms with E-state index >= 15 is 0 Å². The van der Waals surface area contributed by atoms with E-state index in [0.717, 1.165) is 7.14 Å². The molecule has 0 saturated heterocycles. The van der Waals surface area contributed by atoms with Crippen molar-refractivity contribution in [1.82, 2.24) is 0 Å². The Balaban J connectivity index is 3.02. The topological polar surface area (TPSA) is 26.3 Å². The first-order valence-electron chi connectivity index (χ1n) is 3.75. The molecule has 0 aliphatic carbocycles. The third-order valence-electron chi connectivity index (χ3n) is 1.63. The number of hydrogen-bond donors (Lipinski definition) is 0. The molecular formula is C9H7FI2O2. The van der Waals surface area contributed by atoms with Gasteiger partial charge in [0.2, 0.25) is 0 Å². The van der Waals surface area contributed by atoms with Gasteiger partial charge in [-0.15, -0.1) is 0 Å². The zero-order valence-electron chi connectivity index (χ0n) is 7.31. The molecule has 0 fully saturated rings. The van der Waals surface area contributed by atoms with Crippen molar-refractivity contribution in [1.29, 1.82) is 0 Å². The third-order valence-corrected chi connectivity index (χ3v) is 4.79. The highest BCUT2D eigenvalue weighted by Crippen LogP contribution is 2.21. The van der Waals surface area contributed by atoms with Crippen molar-refractivity contribution < 1.29 is 13.9 Å². The predicted octanol–water partition coefficient (Wildman–Crippen LogP) is 2.75. The number of esters is 1. The summed E-state index contributed by atoms with van der Waals surface area (Å²) in [5.74, 6) is -0.682. The van der Waals surface area contributed by atoms with E-state index in [4.69, 9.17) is 0 Å². The van der Waals surface area contributed by atoms with Crippen LogP contribution in [0.2, 0.25) is 0 Å². The minimum atomic E-state index is -0.357. The molecule has 0 aliphatic rings. The number of benzene rings is 1. The zero-order valence-corrected chi connectivity index (χ0v) is 11.6. The summed E-state index contributed by atoms with van der Waals surface area (Å²) in [6, 6.07) is 2.80. The van der Waals surface area contributed by atoms with Gasteiger partial charge < -0.3 is 4.74 Å². The minimum absolute atomic E-state index is 0.114. The number of halogens is 3. The largest absolute Gasteiger partial charge is 0.469 e. The van der Waals surface area contributed by atoms with Crippen LogP contribution in [0.1, 0.15) is 5.56 Å². The van der Waals surface area contributed by atoms with Crippen LogP contribution in [-0.4, -0.2) is 13.1 Å². The number of ether oxygens (including phenoxy) is 1. The Morgan fingerprint density at radius 1 is 1.50 bits per heavy atom. The summed E-state index contributed by atoms with van der Waals surface area (Å²) in [7, 11) is 1.32.